The van der Waals surface area contributed by atoms with Crippen molar-refractivity contribution in [2.75, 3.05) is 11.9 Å². The molecule has 2 amide bonds. The molecule has 0 bridgehead atoms. The molecule has 1 heterocycles. The van der Waals surface area contributed by atoms with Crippen LogP contribution < -0.4 is 10.6 Å². The minimum atomic E-state index is -1.02. The third-order valence-corrected chi connectivity index (χ3v) is 6.89. The fourth-order valence-corrected chi connectivity index (χ4v) is 4.95. The van der Waals surface area contributed by atoms with Gasteiger partial charge in [0.25, 0.3) is 5.91 Å². The number of aromatic nitrogens is 1. The zero-order valence-electron chi connectivity index (χ0n) is 20.3. The summed E-state index contributed by atoms with van der Waals surface area (Å²) in [5.74, 6) is 0.120. The van der Waals surface area contributed by atoms with Gasteiger partial charge in [-0.15, -0.1) is 0 Å². The van der Waals surface area contributed by atoms with Crippen LogP contribution in [0.4, 0.5) is 5.82 Å². The van der Waals surface area contributed by atoms with Gasteiger partial charge in [0.2, 0.25) is 5.91 Å². The van der Waals surface area contributed by atoms with E-state index in [0.717, 1.165) is 24.8 Å². The molecule has 7 nitrogen and oxygen atoms in total. The number of carbonyl (C=O) groups is 2. The lowest BCUT2D eigenvalue weighted by Crippen LogP contribution is -2.44. The molecule has 0 saturated heterocycles. The summed E-state index contributed by atoms with van der Waals surface area (Å²) in [4.78, 5) is 28.0. The third kappa shape index (κ3) is 7.37. The van der Waals surface area contributed by atoms with E-state index in [4.69, 9.17) is 0 Å². The molecule has 7 heteroatoms. The molecule has 0 unspecified atom stereocenters. The van der Waals surface area contributed by atoms with Crippen molar-refractivity contribution in [3.05, 3.63) is 59.8 Å². The first-order valence-corrected chi connectivity index (χ1v) is 12.1. The first kappa shape index (κ1) is 25.8. The highest BCUT2D eigenvalue weighted by molar-refractivity contribution is 5.94. The molecule has 1 aromatic heterocycles. The van der Waals surface area contributed by atoms with Gasteiger partial charge in [0.15, 0.2) is 0 Å². The van der Waals surface area contributed by atoms with Crippen molar-refractivity contribution in [2.24, 2.45) is 11.8 Å². The molecule has 5 atom stereocenters. The van der Waals surface area contributed by atoms with Gasteiger partial charge >= 0.3 is 0 Å². The van der Waals surface area contributed by atoms with Crippen LogP contribution >= 0.6 is 0 Å². The van der Waals surface area contributed by atoms with Gasteiger partial charge in [-0.25, -0.2) is 4.98 Å². The number of nitrogens with one attached hydrogen (secondary N) is 2. The number of anilines is 1. The van der Waals surface area contributed by atoms with Gasteiger partial charge in [-0.2, -0.15) is 0 Å². The van der Waals surface area contributed by atoms with Gasteiger partial charge in [0.1, 0.15) is 5.82 Å². The predicted octanol–water partition coefficient (Wildman–Crippen LogP) is 3.88. The Hall–Kier alpha value is -2.77. The first-order chi connectivity index (χ1) is 16.1. The monoisotopic (exact) mass is 467 g/mol. The maximum absolute atomic E-state index is 12.7. The van der Waals surface area contributed by atoms with Crippen molar-refractivity contribution < 1.29 is 19.8 Å². The van der Waals surface area contributed by atoms with E-state index in [9.17, 15) is 19.8 Å². The molecule has 3 rings (SSSR count). The summed E-state index contributed by atoms with van der Waals surface area (Å²) in [5, 5.41) is 27.8. The summed E-state index contributed by atoms with van der Waals surface area (Å²) in [6.07, 6.45) is 4.50. The van der Waals surface area contributed by atoms with Crippen molar-refractivity contribution in [1.29, 1.82) is 0 Å². The normalized spacial score (nSPS) is 28.0. The molecule has 184 valence electrons. The highest BCUT2D eigenvalue weighted by atomic mass is 16.3. The fraction of sp³-hybridized carbons (Fsp3) is 0.519. The molecule has 1 aliphatic carbocycles. The molecule has 0 aliphatic heterocycles. The largest absolute Gasteiger partial charge is 0.393 e. The second-order valence-corrected chi connectivity index (χ2v) is 10.00. The van der Waals surface area contributed by atoms with Gasteiger partial charge < -0.3 is 20.8 Å². The summed E-state index contributed by atoms with van der Waals surface area (Å²) in [6, 6.07) is 13.3. The lowest BCUT2D eigenvalue weighted by atomic mass is 9.73. The number of hydrogen-bond donors (Lipinski definition) is 4. The maximum atomic E-state index is 12.7. The molecular weight excluding hydrogens is 430 g/mol. The van der Waals surface area contributed by atoms with Crippen LogP contribution in [0, 0.1) is 11.8 Å². The Balaban J connectivity index is 1.72. The molecular formula is C27H37N3O4. The van der Waals surface area contributed by atoms with Crippen molar-refractivity contribution >= 4 is 17.6 Å². The SMILES string of the molecule is CC(=O)Nc1ccc(C(=O)NC[C@@H]2CC[C@@H](C)C[C@H](O)C[C@@H](c3ccccc3)C[C@@]2(C)O)cn1. The second-order valence-electron chi connectivity index (χ2n) is 10.00. The minimum Gasteiger partial charge on any atom is -0.393 e. The standard InChI is InChI=1S/C27H37N3O4/c1-18-9-11-23(17-29-26(33)21-10-12-25(28-16-21)30-19(2)31)27(3,34)15-22(14-24(32)13-18)20-7-5-4-6-8-20/h4-8,10,12,16,18,22-24,32,34H,9,11,13-15,17H2,1-3H3,(H,29,33)(H,28,30,31)/t18-,22-,23+,24+,27-/m1/s1. The van der Waals surface area contributed by atoms with Crippen LogP contribution in [0.25, 0.3) is 0 Å². The molecule has 0 spiro atoms. The van der Waals surface area contributed by atoms with Gasteiger partial charge in [0.05, 0.1) is 17.3 Å². The van der Waals surface area contributed by atoms with E-state index in [1.807, 2.05) is 25.1 Å². The van der Waals surface area contributed by atoms with Crippen LogP contribution in [0.5, 0.6) is 0 Å². The van der Waals surface area contributed by atoms with Crippen LogP contribution in [0.2, 0.25) is 0 Å². The smallest absolute Gasteiger partial charge is 0.252 e. The molecule has 4 N–H and O–H groups in total. The predicted molar refractivity (Wildman–Crippen MR) is 132 cm³/mol. The van der Waals surface area contributed by atoms with Crippen LogP contribution in [0.1, 0.15) is 74.7 Å². The van der Waals surface area contributed by atoms with E-state index >= 15 is 0 Å². The number of amides is 2. The van der Waals surface area contributed by atoms with Crippen molar-refractivity contribution in [3.63, 3.8) is 0 Å². The average molecular weight is 468 g/mol. The lowest BCUT2D eigenvalue weighted by Gasteiger charge is -2.38. The Bertz CT molecular complexity index is 946. The van der Waals surface area contributed by atoms with Gasteiger partial charge in [-0.3, -0.25) is 9.59 Å². The number of rotatable bonds is 5. The molecule has 1 aromatic carbocycles. The number of aliphatic hydroxyl groups excluding tert-OH is 1. The van der Waals surface area contributed by atoms with Gasteiger partial charge in [0, 0.05) is 25.6 Å². The van der Waals surface area contributed by atoms with E-state index in [2.05, 4.69) is 34.7 Å². The Labute approximate surface area is 202 Å². The number of carbonyl (C=O) groups excluding carboxylic acids is 2. The summed E-state index contributed by atoms with van der Waals surface area (Å²) in [5.41, 5.74) is 0.494. The first-order valence-electron chi connectivity index (χ1n) is 12.1. The lowest BCUT2D eigenvalue weighted by molar-refractivity contribution is -0.114. The zero-order valence-corrected chi connectivity index (χ0v) is 20.3. The van der Waals surface area contributed by atoms with Gasteiger partial charge in [-0.1, -0.05) is 43.7 Å². The number of aliphatic hydroxyl groups is 2. The van der Waals surface area contributed by atoms with Crippen molar-refractivity contribution in [1.82, 2.24) is 10.3 Å². The zero-order chi connectivity index (χ0) is 24.7. The molecule has 1 fully saturated rings. The van der Waals surface area contributed by atoms with Crippen molar-refractivity contribution in [3.8, 4) is 0 Å². The number of benzene rings is 1. The fourth-order valence-electron chi connectivity index (χ4n) is 4.95. The van der Waals surface area contributed by atoms with Gasteiger partial charge in [-0.05, 0) is 62.1 Å². The van der Waals surface area contributed by atoms with E-state index in [1.165, 1.54) is 13.1 Å². The summed E-state index contributed by atoms with van der Waals surface area (Å²) in [6.45, 7) is 5.73. The highest BCUT2D eigenvalue weighted by Crippen LogP contribution is 2.38. The Morgan fingerprint density at radius 2 is 1.85 bits per heavy atom. The topological polar surface area (TPSA) is 112 Å². The molecule has 2 aromatic rings. The second kappa shape index (κ2) is 11.6. The average Bonchev–Trinajstić information content (AvgIpc) is 2.78. The van der Waals surface area contributed by atoms with Crippen LogP contribution in [0.3, 0.4) is 0 Å². The number of nitrogens with zero attached hydrogens (tertiary/aromatic N) is 1. The Kier molecular flexibility index (Phi) is 8.80. The number of hydrogen-bond acceptors (Lipinski definition) is 5. The van der Waals surface area contributed by atoms with E-state index < -0.39 is 11.7 Å². The summed E-state index contributed by atoms with van der Waals surface area (Å²) in [7, 11) is 0. The highest BCUT2D eigenvalue weighted by Gasteiger charge is 2.37. The third-order valence-electron chi connectivity index (χ3n) is 6.89. The van der Waals surface area contributed by atoms with Crippen LogP contribution in [-0.2, 0) is 4.79 Å². The van der Waals surface area contributed by atoms with E-state index in [0.29, 0.717) is 36.7 Å². The summed E-state index contributed by atoms with van der Waals surface area (Å²) >= 11 is 0. The van der Waals surface area contributed by atoms with E-state index in [1.54, 1.807) is 12.1 Å². The van der Waals surface area contributed by atoms with E-state index in [-0.39, 0.29) is 23.7 Å². The van der Waals surface area contributed by atoms with Crippen LogP contribution in [0.15, 0.2) is 48.7 Å². The summed E-state index contributed by atoms with van der Waals surface area (Å²) < 4.78 is 0. The van der Waals surface area contributed by atoms with Crippen molar-refractivity contribution in [2.45, 2.75) is 70.5 Å². The minimum absolute atomic E-state index is 0.0280. The Morgan fingerprint density at radius 1 is 1.12 bits per heavy atom. The quantitative estimate of drug-likeness (QED) is 0.533. The number of pyridine rings is 1. The Morgan fingerprint density at radius 3 is 2.50 bits per heavy atom. The molecule has 1 saturated carbocycles. The molecule has 0 radical (unpaired) electrons. The molecule has 34 heavy (non-hydrogen) atoms. The molecule has 1 aliphatic rings. The maximum Gasteiger partial charge on any atom is 0.252 e. The van der Waals surface area contributed by atoms with Crippen LogP contribution in [-0.4, -0.2) is 45.3 Å².